The first-order valence-corrected chi connectivity index (χ1v) is 12.2. The van der Waals surface area contributed by atoms with Gasteiger partial charge in [-0.1, -0.05) is 15.9 Å². The number of hydrogen-bond donors (Lipinski definition) is 1. The molecule has 3 aromatic rings. The molecule has 0 spiro atoms. The first kappa shape index (κ1) is 22.6. The summed E-state index contributed by atoms with van der Waals surface area (Å²) in [5.41, 5.74) is 1.49. The molecule has 0 radical (unpaired) electrons. The standard InChI is InChI=1S/C24H24BrNO5S/c1-14(2)30-24(28)21-18-5-3-4-6-20(18)32-23(21)26-22(27)19-12-11-17(31-19)13-29-16-9-7-15(25)8-10-16/h7-12,14H,3-6,13H2,1-2H3,(H,26,27). The Balaban J connectivity index is 1.47. The molecule has 0 bridgehead atoms. The van der Waals surface area contributed by atoms with Crippen molar-refractivity contribution in [2.75, 3.05) is 5.32 Å². The highest BCUT2D eigenvalue weighted by Crippen LogP contribution is 2.39. The normalized spacial score (nSPS) is 13.0. The van der Waals surface area contributed by atoms with Crippen LogP contribution < -0.4 is 10.1 Å². The largest absolute Gasteiger partial charge is 0.486 e. The first-order valence-electron chi connectivity index (χ1n) is 10.5. The quantitative estimate of drug-likeness (QED) is 0.368. The summed E-state index contributed by atoms with van der Waals surface area (Å²) in [5, 5.41) is 3.40. The van der Waals surface area contributed by atoms with Crippen LogP contribution in [0.2, 0.25) is 0 Å². The molecule has 32 heavy (non-hydrogen) atoms. The fourth-order valence-corrected chi connectivity index (χ4v) is 5.11. The number of esters is 1. The minimum atomic E-state index is -0.405. The predicted octanol–water partition coefficient (Wildman–Crippen LogP) is 6.38. The lowest BCUT2D eigenvalue weighted by Crippen LogP contribution is -2.17. The van der Waals surface area contributed by atoms with Crippen LogP contribution in [0.3, 0.4) is 0 Å². The van der Waals surface area contributed by atoms with Crippen molar-refractivity contribution in [3.05, 3.63) is 68.4 Å². The smallest absolute Gasteiger partial charge is 0.341 e. The van der Waals surface area contributed by atoms with Crippen LogP contribution in [0.5, 0.6) is 5.75 Å². The van der Waals surface area contributed by atoms with Crippen LogP contribution in [0.1, 0.15) is 63.8 Å². The number of thiophene rings is 1. The number of halogens is 1. The number of hydrogen-bond acceptors (Lipinski definition) is 6. The molecule has 0 atom stereocenters. The number of benzene rings is 1. The maximum Gasteiger partial charge on any atom is 0.341 e. The predicted molar refractivity (Wildman–Crippen MR) is 127 cm³/mol. The number of aryl methyl sites for hydroxylation is 1. The lowest BCUT2D eigenvalue weighted by Gasteiger charge is -2.14. The molecule has 1 aromatic carbocycles. The molecule has 1 aliphatic carbocycles. The zero-order valence-corrected chi connectivity index (χ0v) is 20.3. The van der Waals surface area contributed by atoms with Gasteiger partial charge in [-0.15, -0.1) is 11.3 Å². The molecule has 2 aromatic heterocycles. The molecule has 0 saturated heterocycles. The minimum Gasteiger partial charge on any atom is -0.486 e. The summed E-state index contributed by atoms with van der Waals surface area (Å²) < 4.78 is 17.8. The van der Waals surface area contributed by atoms with E-state index in [9.17, 15) is 9.59 Å². The van der Waals surface area contributed by atoms with E-state index in [2.05, 4.69) is 21.2 Å². The Kier molecular flexibility index (Phi) is 7.01. The van der Waals surface area contributed by atoms with Gasteiger partial charge in [0.15, 0.2) is 5.76 Å². The number of carbonyl (C=O) groups is 2. The number of ether oxygens (including phenoxy) is 2. The van der Waals surface area contributed by atoms with Crippen LogP contribution in [-0.2, 0) is 24.2 Å². The number of carbonyl (C=O) groups excluding carboxylic acids is 2. The van der Waals surface area contributed by atoms with Crippen molar-refractivity contribution in [2.45, 2.75) is 52.2 Å². The lowest BCUT2D eigenvalue weighted by molar-refractivity contribution is 0.0378. The van der Waals surface area contributed by atoms with Gasteiger partial charge in [-0.05, 0) is 81.5 Å². The zero-order valence-electron chi connectivity index (χ0n) is 17.9. The Hall–Kier alpha value is -2.58. The zero-order chi connectivity index (χ0) is 22.7. The SMILES string of the molecule is CC(C)OC(=O)c1c(NC(=O)c2ccc(COc3ccc(Br)cc3)o2)sc2c1CCCC2. The maximum absolute atomic E-state index is 12.9. The molecule has 0 fully saturated rings. The average Bonchev–Trinajstić information content (AvgIpc) is 3.37. The van der Waals surface area contributed by atoms with Crippen molar-refractivity contribution in [1.82, 2.24) is 0 Å². The summed E-state index contributed by atoms with van der Waals surface area (Å²) in [7, 11) is 0. The minimum absolute atomic E-state index is 0.161. The van der Waals surface area contributed by atoms with Gasteiger partial charge < -0.3 is 19.2 Å². The monoisotopic (exact) mass is 517 g/mol. The van der Waals surface area contributed by atoms with Crippen molar-refractivity contribution in [2.24, 2.45) is 0 Å². The number of fused-ring (bicyclic) bond motifs is 1. The van der Waals surface area contributed by atoms with E-state index in [1.807, 2.05) is 38.1 Å². The molecular formula is C24H24BrNO5S. The van der Waals surface area contributed by atoms with Gasteiger partial charge >= 0.3 is 5.97 Å². The Morgan fingerprint density at radius 2 is 1.88 bits per heavy atom. The highest BCUT2D eigenvalue weighted by Gasteiger charge is 2.28. The summed E-state index contributed by atoms with van der Waals surface area (Å²) in [6.45, 7) is 3.83. The van der Waals surface area contributed by atoms with Gasteiger partial charge in [0.2, 0.25) is 0 Å². The topological polar surface area (TPSA) is 77.8 Å². The van der Waals surface area contributed by atoms with Crippen LogP contribution in [-0.4, -0.2) is 18.0 Å². The van der Waals surface area contributed by atoms with Crippen LogP contribution in [0, 0.1) is 0 Å². The van der Waals surface area contributed by atoms with E-state index >= 15 is 0 Å². The number of anilines is 1. The molecule has 1 aliphatic rings. The van der Waals surface area contributed by atoms with Gasteiger partial charge in [-0.3, -0.25) is 4.79 Å². The third-order valence-electron chi connectivity index (χ3n) is 5.03. The van der Waals surface area contributed by atoms with E-state index in [0.29, 0.717) is 22.1 Å². The summed E-state index contributed by atoms with van der Waals surface area (Å²) >= 11 is 4.84. The molecule has 168 valence electrons. The van der Waals surface area contributed by atoms with Gasteiger partial charge in [-0.2, -0.15) is 0 Å². The van der Waals surface area contributed by atoms with E-state index in [-0.39, 0.29) is 18.5 Å². The number of amides is 1. The van der Waals surface area contributed by atoms with Crippen LogP contribution >= 0.6 is 27.3 Å². The molecule has 0 unspecified atom stereocenters. The maximum atomic E-state index is 12.9. The van der Waals surface area contributed by atoms with E-state index in [4.69, 9.17) is 13.9 Å². The van der Waals surface area contributed by atoms with Crippen molar-refractivity contribution in [3.63, 3.8) is 0 Å². The third kappa shape index (κ3) is 5.24. The number of rotatable bonds is 7. The van der Waals surface area contributed by atoms with E-state index < -0.39 is 11.9 Å². The van der Waals surface area contributed by atoms with Gasteiger partial charge in [0.1, 0.15) is 23.1 Å². The van der Waals surface area contributed by atoms with E-state index in [1.165, 1.54) is 11.3 Å². The van der Waals surface area contributed by atoms with Crippen molar-refractivity contribution < 1.29 is 23.5 Å². The molecule has 0 aliphatic heterocycles. The molecule has 6 nitrogen and oxygen atoms in total. The fourth-order valence-electron chi connectivity index (χ4n) is 3.57. The first-order chi connectivity index (χ1) is 15.4. The Bertz CT molecular complexity index is 1120. The second-order valence-electron chi connectivity index (χ2n) is 7.83. The second-order valence-corrected chi connectivity index (χ2v) is 9.85. The van der Waals surface area contributed by atoms with Gasteiger partial charge in [0, 0.05) is 9.35 Å². The molecule has 2 heterocycles. The number of furan rings is 1. The van der Waals surface area contributed by atoms with Gasteiger partial charge in [0.25, 0.3) is 5.91 Å². The summed E-state index contributed by atoms with van der Waals surface area (Å²) in [5.74, 6) is 0.597. The van der Waals surface area contributed by atoms with Crippen LogP contribution in [0.15, 0.2) is 45.3 Å². The molecule has 1 amide bonds. The molecule has 0 saturated carbocycles. The Morgan fingerprint density at radius 1 is 1.12 bits per heavy atom. The highest BCUT2D eigenvalue weighted by atomic mass is 79.9. The van der Waals surface area contributed by atoms with Crippen LogP contribution in [0.25, 0.3) is 0 Å². The molecular weight excluding hydrogens is 494 g/mol. The third-order valence-corrected chi connectivity index (χ3v) is 6.76. The molecule has 4 rings (SSSR count). The van der Waals surface area contributed by atoms with Gasteiger partial charge in [-0.25, -0.2) is 4.79 Å². The molecule has 8 heteroatoms. The van der Waals surface area contributed by atoms with E-state index in [0.717, 1.165) is 40.6 Å². The van der Waals surface area contributed by atoms with E-state index in [1.54, 1.807) is 12.1 Å². The highest BCUT2D eigenvalue weighted by molar-refractivity contribution is 9.10. The van der Waals surface area contributed by atoms with Crippen LogP contribution in [0.4, 0.5) is 5.00 Å². The lowest BCUT2D eigenvalue weighted by atomic mass is 9.95. The molecule has 1 N–H and O–H groups in total. The van der Waals surface area contributed by atoms with Gasteiger partial charge in [0.05, 0.1) is 11.7 Å². The summed E-state index contributed by atoms with van der Waals surface area (Å²) in [4.78, 5) is 26.8. The summed E-state index contributed by atoms with van der Waals surface area (Å²) in [6.07, 6.45) is 3.61. The average molecular weight is 518 g/mol. The summed E-state index contributed by atoms with van der Waals surface area (Å²) in [6, 6.07) is 10.8. The van der Waals surface area contributed by atoms with Crippen molar-refractivity contribution >= 4 is 44.1 Å². The Morgan fingerprint density at radius 3 is 2.62 bits per heavy atom. The fraction of sp³-hybridized carbons (Fsp3) is 0.333. The Labute approximate surface area is 199 Å². The second kappa shape index (κ2) is 9.92. The van der Waals surface area contributed by atoms with Crippen molar-refractivity contribution in [3.8, 4) is 5.75 Å². The number of nitrogens with one attached hydrogen (secondary N) is 1. The van der Waals surface area contributed by atoms with Crippen molar-refractivity contribution in [1.29, 1.82) is 0 Å².